The zero-order valence-electron chi connectivity index (χ0n) is 9.11. The van der Waals surface area contributed by atoms with Crippen LogP contribution in [0.2, 0.25) is 0 Å². The number of carbonyl (C=O) groups excluding carboxylic acids is 2. The second-order valence-corrected chi connectivity index (χ2v) is 3.65. The smallest absolute Gasteiger partial charge is 0.323 e. The van der Waals surface area contributed by atoms with Gasteiger partial charge in [-0.05, 0) is 5.92 Å². The van der Waals surface area contributed by atoms with Gasteiger partial charge in [-0.2, -0.15) is 0 Å². The minimum atomic E-state index is -0.950. The van der Waals surface area contributed by atoms with E-state index in [1.807, 2.05) is 0 Å². The van der Waals surface area contributed by atoms with Crippen LogP contribution in [0.3, 0.4) is 0 Å². The van der Waals surface area contributed by atoms with E-state index in [0.29, 0.717) is 0 Å². The lowest BCUT2D eigenvalue weighted by atomic mass is 10.0. The van der Waals surface area contributed by atoms with Crippen molar-refractivity contribution < 1.29 is 19.5 Å². The molecule has 0 aromatic rings. The van der Waals surface area contributed by atoms with Crippen LogP contribution < -0.4 is 5.32 Å². The van der Waals surface area contributed by atoms with E-state index < -0.39 is 17.9 Å². The molecular weight excluding hydrogens is 200 g/mol. The molecule has 1 atom stereocenters. The highest BCUT2D eigenvalue weighted by atomic mass is 16.4. The molecule has 3 amide bonds. The van der Waals surface area contributed by atoms with Crippen LogP contribution in [0.5, 0.6) is 0 Å². The van der Waals surface area contributed by atoms with Crippen LogP contribution in [0.15, 0.2) is 0 Å². The number of hydrogen-bond donors (Lipinski definition) is 2. The largest absolute Gasteiger partial charge is 0.481 e. The fourth-order valence-corrected chi connectivity index (χ4v) is 0.969. The molecule has 0 aliphatic heterocycles. The number of aliphatic carboxylic acids is 1. The molecule has 0 heterocycles. The van der Waals surface area contributed by atoms with Gasteiger partial charge in [-0.25, -0.2) is 4.79 Å². The van der Waals surface area contributed by atoms with Gasteiger partial charge >= 0.3 is 12.0 Å². The molecule has 6 nitrogen and oxygen atoms in total. The fraction of sp³-hybridized carbons (Fsp3) is 0.667. The summed E-state index contributed by atoms with van der Waals surface area (Å²) in [4.78, 5) is 33.8. The minimum Gasteiger partial charge on any atom is -0.481 e. The Morgan fingerprint density at radius 2 is 1.80 bits per heavy atom. The summed E-state index contributed by atoms with van der Waals surface area (Å²) in [7, 11) is 3.03. The third-order valence-corrected chi connectivity index (χ3v) is 1.71. The number of amides is 3. The first-order valence-corrected chi connectivity index (χ1v) is 4.55. The van der Waals surface area contributed by atoms with E-state index in [9.17, 15) is 14.4 Å². The van der Waals surface area contributed by atoms with Crippen molar-refractivity contribution in [2.45, 2.75) is 19.8 Å². The van der Waals surface area contributed by atoms with Crippen LogP contribution in [0.25, 0.3) is 0 Å². The molecule has 0 aliphatic carbocycles. The van der Waals surface area contributed by atoms with Gasteiger partial charge in [0.2, 0.25) is 5.91 Å². The van der Waals surface area contributed by atoms with Gasteiger partial charge in [-0.3, -0.25) is 14.9 Å². The molecule has 1 unspecified atom stereocenters. The van der Waals surface area contributed by atoms with Crippen molar-refractivity contribution >= 4 is 17.9 Å². The first kappa shape index (κ1) is 13.4. The van der Waals surface area contributed by atoms with E-state index >= 15 is 0 Å². The van der Waals surface area contributed by atoms with Crippen molar-refractivity contribution in [3.63, 3.8) is 0 Å². The number of nitrogens with zero attached hydrogens (tertiary/aromatic N) is 1. The minimum absolute atomic E-state index is 0.0336. The Balaban J connectivity index is 3.93. The number of nitrogens with one attached hydrogen (secondary N) is 1. The third kappa shape index (κ3) is 6.48. The quantitative estimate of drug-likeness (QED) is 0.706. The van der Waals surface area contributed by atoms with E-state index in [2.05, 4.69) is 5.32 Å². The van der Waals surface area contributed by atoms with Gasteiger partial charge in [0.05, 0.1) is 0 Å². The Hall–Kier alpha value is -1.59. The number of carboxylic acids is 1. The Morgan fingerprint density at radius 1 is 1.27 bits per heavy atom. The molecule has 0 radical (unpaired) electrons. The predicted molar refractivity (Wildman–Crippen MR) is 53.3 cm³/mol. The van der Waals surface area contributed by atoms with Crippen molar-refractivity contribution in [1.82, 2.24) is 10.2 Å². The summed E-state index contributed by atoms with van der Waals surface area (Å²) in [5.74, 6) is -1.69. The zero-order valence-corrected chi connectivity index (χ0v) is 9.11. The highest BCUT2D eigenvalue weighted by Crippen LogP contribution is 2.06. The molecule has 0 fully saturated rings. The Bertz CT molecular complexity index is 263. The molecule has 0 aliphatic rings. The van der Waals surface area contributed by atoms with Gasteiger partial charge in [-0.15, -0.1) is 0 Å². The van der Waals surface area contributed by atoms with Crippen molar-refractivity contribution in [2.75, 3.05) is 14.1 Å². The summed E-state index contributed by atoms with van der Waals surface area (Å²) in [5.41, 5.74) is 0. The average molecular weight is 216 g/mol. The fourth-order valence-electron chi connectivity index (χ4n) is 0.969. The van der Waals surface area contributed by atoms with Crippen molar-refractivity contribution in [2.24, 2.45) is 5.92 Å². The molecule has 6 heteroatoms. The van der Waals surface area contributed by atoms with Gasteiger partial charge in [-0.1, -0.05) is 6.92 Å². The van der Waals surface area contributed by atoms with Crippen LogP contribution in [-0.2, 0) is 9.59 Å². The lowest BCUT2D eigenvalue weighted by molar-refractivity contribution is -0.138. The van der Waals surface area contributed by atoms with Crippen molar-refractivity contribution in [3.05, 3.63) is 0 Å². The van der Waals surface area contributed by atoms with Crippen LogP contribution in [0.4, 0.5) is 4.79 Å². The lowest BCUT2D eigenvalue weighted by Crippen LogP contribution is -2.39. The first-order chi connectivity index (χ1) is 6.82. The number of hydrogen-bond acceptors (Lipinski definition) is 3. The van der Waals surface area contributed by atoms with E-state index in [-0.39, 0.29) is 18.8 Å². The summed E-state index contributed by atoms with van der Waals surface area (Å²) in [6.07, 6.45) is -0.0462. The third-order valence-electron chi connectivity index (χ3n) is 1.71. The van der Waals surface area contributed by atoms with E-state index in [1.54, 1.807) is 6.92 Å². The normalized spacial score (nSPS) is 11.7. The Kier molecular flexibility index (Phi) is 5.36. The monoisotopic (exact) mass is 216 g/mol. The number of carboxylic acid groups (broad SMARTS) is 1. The van der Waals surface area contributed by atoms with E-state index in [1.165, 1.54) is 19.0 Å². The molecule has 0 spiro atoms. The molecule has 86 valence electrons. The molecule has 0 rings (SSSR count). The van der Waals surface area contributed by atoms with Gasteiger partial charge < -0.3 is 10.0 Å². The zero-order chi connectivity index (χ0) is 12.0. The summed E-state index contributed by atoms with van der Waals surface area (Å²) in [6.45, 7) is 1.65. The Morgan fingerprint density at radius 3 is 2.20 bits per heavy atom. The highest BCUT2D eigenvalue weighted by molar-refractivity contribution is 5.94. The van der Waals surface area contributed by atoms with Gasteiger partial charge in [0.25, 0.3) is 0 Å². The molecule has 0 aromatic heterocycles. The molecule has 0 saturated heterocycles. The van der Waals surface area contributed by atoms with Gasteiger partial charge in [0.1, 0.15) is 0 Å². The lowest BCUT2D eigenvalue weighted by Gasteiger charge is -2.12. The molecule has 0 aromatic carbocycles. The van der Waals surface area contributed by atoms with Crippen LogP contribution in [0, 0.1) is 5.92 Å². The van der Waals surface area contributed by atoms with Crippen molar-refractivity contribution in [1.29, 1.82) is 0 Å². The molecule has 15 heavy (non-hydrogen) atoms. The molecular formula is C9H16N2O4. The maximum Gasteiger partial charge on any atom is 0.323 e. The number of urea groups is 1. The summed E-state index contributed by atoms with van der Waals surface area (Å²) in [5, 5.41) is 10.6. The molecule has 0 bridgehead atoms. The molecule has 0 saturated carbocycles. The summed E-state index contributed by atoms with van der Waals surface area (Å²) >= 11 is 0. The second-order valence-electron chi connectivity index (χ2n) is 3.65. The number of carbonyl (C=O) groups is 3. The molecule has 2 N–H and O–H groups in total. The van der Waals surface area contributed by atoms with Crippen LogP contribution in [-0.4, -0.2) is 42.0 Å². The maximum absolute atomic E-state index is 11.2. The Labute approximate surface area is 88.2 Å². The summed E-state index contributed by atoms with van der Waals surface area (Å²) in [6, 6.07) is -0.498. The first-order valence-electron chi connectivity index (χ1n) is 4.55. The predicted octanol–water partition coefficient (Wildman–Crippen LogP) is 0.285. The van der Waals surface area contributed by atoms with E-state index in [4.69, 9.17) is 5.11 Å². The maximum atomic E-state index is 11.2. The highest BCUT2D eigenvalue weighted by Gasteiger charge is 2.15. The van der Waals surface area contributed by atoms with Crippen molar-refractivity contribution in [3.8, 4) is 0 Å². The van der Waals surface area contributed by atoms with Crippen LogP contribution in [0.1, 0.15) is 19.8 Å². The summed E-state index contributed by atoms with van der Waals surface area (Å²) < 4.78 is 0. The topological polar surface area (TPSA) is 86.7 Å². The average Bonchev–Trinajstić information content (AvgIpc) is 2.00. The number of imide groups is 1. The van der Waals surface area contributed by atoms with Gasteiger partial charge in [0.15, 0.2) is 0 Å². The SMILES string of the molecule is CC(CC(=O)O)CC(=O)NC(=O)N(C)C. The number of rotatable bonds is 4. The second kappa shape index (κ2) is 6.00. The van der Waals surface area contributed by atoms with E-state index in [0.717, 1.165) is 0 Å². The standard InChI is InChI=1S/C9H16N2O4/c1-6(5-8(13)14)4-7(12)10-9(15)11(2)3/h6H,4-5H2,1-3H3,(H,13,14)(H,10,12,15). The van der Waals surface area contributed by atoms with Crippen LogP contribution >= 0.6 is 0 Å². The van der Waals surface area contributed by atoms with Gasteiger partial charge in [0, 0.05) is 26.9 Å².